The average Bonchev–Trinajstić information content (AvgIpc) is 2.17. The first-order valence-electron chi connectivity index (χ1n) is 5.10. The third kappa shape index (κ3) is 4.18. The molecule has 1 aromatic heterocycles. The Kier molecular flexibility index (Phi) is 4.29. The monoisotopic (exact) mass is 232 g/mol. The van der Waals surface area contributed by atoms with Gasteiger partial charge in [0.15, 0.2) is 0 Å². The van der Waals surface area contributed by atoms with Crippen molar-refractivity contribution in [1.29, 1.82) is 0 Å². The molecule has 1 heterocycles. The van der Waals surface area contributed by atoms with E-state index in [9.17, 15) is 13.2 Å². The van der Waals surface area contributed by atoms with E-state index in [1.54, 1.807) is 19.2 Å². The highest BCUT2D eigenvalue weighted by atomic mass is 19.4. The van der Waals surface area contributed by atoms with Crippen LogP contribution in [-0.4, -0.2) is 18.2 Å². The van der Waals surface area contributed by atoms with Gasteiger partial charge in [-0.15, -0.1) is 0 Å². The summed E-state index contributed by atoms with van der Waals surface area (Å²) in [6.07, 6.45) is -4.90. The number of aryl methyl sites for hydroxylation is 1. The molecule has 0 amide bonds. The normalized spacial score (nSPS) is 13.8. The summed E-state index contributed by atoms with van der Waals surface area (Å²) in [5, 5.41) is 2.86. The summed E-state index contributed by atoms with van der Waals surface area (Å²) in [5.74, 6) is 0. The van der Waals surface area contributed by atoms with Gasteiger partial charge in [0.05, 0.1) is 5.69 Å². The Morgan fingerprint density at radius 1 is 1.38 bits per heavy atom. The lowest BCUT2D eigenvalue weighted by atomic mass is 10.1. The Balaban J connectivity index is 2.68. The van der Waals surface area contributed by atoms with Crippen molar-refractivity contribution in [3.63, 3.8) is 0 Å². The van der Waals surface area contributed by atoms with E-state index < -0.39 is 12.6 Å². The number of pyridine rings is 1. The van der Waals surface area contributed by atoms with Crippen LogP contribution in [0.2, 0.25) is 0 Å². The summed E-state index contributed by atoms with van der Waals surface area (Å²) in [6, 6.07) is 5.02. The van der Waals surface area contributed by atoms with Crippen molar-refractivity contribution in [3.05, 3.63) is 29.6 Å². The predicted octanol–water partition coefficient (Wildman–Crippen LogP) is 2.99. The number of halogens is 3. The van der Waals surface area contributed by atoms with Gasteiger partial charge in [-0.25, -0.2) is 0 Å². The Morgan fingerprint density at radius 2 is 2.06 bits per heavy atom. The standard InChI is InChI=1S/C11H15F3N2/c1-8-4-3-5-10(16-8)9(15-2)6-7-11(12,13)14/h3-5,9,15H,6-7H2,1-2H3. The molecular weight excluding hydrogens is 217 g/mol. The number of nitrogens with zero attached hydrogens (tertiary/aromatic N) is 1. The first-order chi connectivity index (χ1) is 7.42. The Morgan fingerprint density at radius 3 is 2.56 bits per heavy atom. The van der Waals surface area contributed by atoms with Crippen LogP contribution >= 0.6 is 0 Å². The molecule has 0 aliphatic carbocycles. The third-order valence-corrected chi connectivity index (χ3v) is 2.33. The summed E-state index contributed by atoms with van der Waals surface area (Å²) >= 11 is 0. The van der Waals surface area contributed by atoms with E-state index in [4.69, 9.17) is 0 Å². The minimum Gasteiger partial charge on any atom is -0.312 e. The fourth-order valence-corrected chi connectivity index (χ4v) is 1.51. The van der Waals surface area contributed by atoms with E-state index in [0.29, 0.717) is 5.69 Å². The highest BCUT2D eigenvalue weighted by molar-refractivity contribution is 5.13. The number of rotatable bonds is 4. The van der Waals surface area contributed by atoms with Crippen LogP contribution < -0.4 is 5.32 Å². The molecular formula is C11H15F3N2. The lowest BCUT2D eigenvalue weighted by Gasteiger charge is -2.16. The van der Waals surface area contributed by atoms with E-state index in [1.165, 1.54) is 0 Å². The summed E-state index contributed by atoms with van der Waals surface area (Å²) in [6.45, 7) is 1.82. The lowest BCUT2D eigenvalue weighted by Crippen LogP contribution is -2.20. The minimum absolute atomic E-state index is 0.0104. The number of nitrogens with one attached hydrogen (secondary N) is 1. The second-order valence-electron chi connectivity index (χ2n) is 3.70. The van der Waals surface area contributed by atoms with Crippen LogP contribution in [0.3, 0.4) is 0 Å². The van der Waals surface area contributed by atoms with Crippen LogP contribution in [-0.2, 0) is 0 Å². The number of hydrogen-bond donors (Lipinski definition) is 1. The van der Waals surface area contributed by atoms with Crippen LogP contribution in [0.25, 0.3) is 0 Å². The maximum atomic E-state index is 12.1. The third-order valence-electron chi connectivity index (χ3n) is 2.33. The lowest BCUT2D eigenvalue weighted by molar-refractivity contribution is -0.136. The van der Waals surface area contributed by atoms with Gasteiger partial charge in [-0.1, -0.05) is 6.07 Å². The van der Waals surface area contributed by atoms with Gasteiger partial charge >= 0.3 is 6.18 Å². The first kappa shape index (κ1) is 13.0. The topological polar surface area (TPSA) is 24.9 Å². The van der Waals surface area contributed by atoms with E-state index in [-0.39, 0.29) is 12.5 Å². The molecule has 5 heteroatoms. The van der Waals surface area contributed by atoms with Crippen molar-refractivity contribution in [2.45, 2.75) is 32.0 Å². The zero-order valence-electron chi connectivity index (χ0n) is 9.30. The molecule has 0 fully saturated rings. The molecule has 2 nitrogen and oxygen atoms in total. The number of aromatic nitrogens is 1. The molecule has 1 unspecified atom stereocenters. The molecule has 0 aromatic carbocycles. The van der Waals surface area contributed by atoms with Crippen LogP contribution in [0.5, 0.6) is 0 Å². The second kappa shape index (κ2) is 5.30. The van der Waals surface area contributed by atoms with E-state index >= 15 is 0 Å². The van der Waals surface area contributed by atoms with Crippen molar-refractivity contribution in [3.8, 4) is 0 Å². The summed E-state index contributed by atoms with van der Waals surface area (Å²) < 4.78 is 36.3. The van der Waals surface area contributed by atoms with Crippen molar-refractivity contribution < 1.29 is 13.2 Å². The minimum atomic E-state index is -4.11. The molecule has 16 heavy (non-hydrogen) atoms. The van der Waals surface area contributed by atoms with Crippen LogP contribution in [0, 0.1) is 6.92 Å². The van der Waals surface area contributed by atoms with E-state index in [2.05, 4.69) is 10.3 Å². The Hall–Kier alpha value is -1.10. The zero-order chi connectivity index (χ0) is 12.2. The molecule has 0 radical (unpaired) electrons. The average molecular weight is 232 g/mol. The smallest absolute Gasteiger partial charge is 0.312 e. The predicted molar refractivity (Wildman–Crippen MR) is 56.1 cm³/mol. The van der Waals surface area contributed by atoms with Gasteiger partial charge < -0.3 is 5.32 Å². The Bertz CT molecular complexity index is 336. The van der Waals surface area contributed by atoms with Gasteiger partial charge in [0.1, 0.15) is 0 Å². The highest BCUT2D eigenvalue weighted by Gasteiger charge is 2.28. The fraction of sp³-hybridized carbons (Fsp3) is 0.545. The summed E-state index contributed by atoms with van der Waals surface area (Å²) in [4.78, 5) is 4.22. The second-order valence-corrected chi connectivity index (χ2v) is 3.70. The van der Waals surface area contributed by atoms with Crippen molar-refractivity contribution in [2.24, 2.45) is 0 Å². The van der Waals surface area contributed by atoms with E-state index in [0.717, 1.165) is 5.69 Å². The van der Waals surface area contributed by atoms with Crippen molar-refractivity contribution in [2.75, 3.05) is 7.05 Å². The molecule has 1 rings (SSSR count). The van der Waals surface area contributed by atoms with Gasteiger partial charge in [0, 0.05) is 18.2 Å². The van der Waals surface area contributed by atoms with Gasteiger partial charge in [-0.05, 0) is 32.5 Å². The van der Waals surface area contributed by atoms with Gasteiger partial charge in [0.2, 0.25) is 0 Å². The van der Waals surface area contributed by atoms with Crippen molar-refractivity contribution in [1.82, 2.24) is 10.3 Å². The fourth-order valence-electron chi connectivity index (χ4n) is 1.51. The molecule has 0 aliphatic heterocycles. The molecule has 1 atom stereocenters. The molecule has 1 aromatic rings. The first-order valence-corrected chi connectivity index (χ1v) is 5.10. The van der Waals surface area contributed by atoms with Gasteiger partial charge in [0.25, 0.3) is 0 Å². The molecule has 1 N–H and O–H groups in total. The molecule has 0 saturated carbocycles. The van der Waals surface area contributed by atoms with Gasteiger partial charge in [-0.3, -0.25) is 4.98 Å². The van der Waals surface area contributed by atoms with Crippen LogP contribution in [0.15, 0.2) is 18.2 Å². The molecule has 0 spiro atoms. The molecule has 0 bridgehead atoms. The molecule has 90 valence electrons. The van der Waals surface area contributed by atoms with Crippen molar-refractivity contribution >= 4 is 0 Å². The maximum absolute atomic E-state index is 12.1. The largest absolute Gasteiger partial charge is 0.389 e. The molecule has 0 saturated heterocycles. The van der Waals surface area contributed by atoms with Gasteiger partial charge in [-0.2, -0.15) is 13.2 Å². The quantitative estimate of drug-likeness (QED) is 0.863. The SMILES string of the molecule is CNC(CCC(F)(F)F)c1cccc(C)n1. The Labute approximate surface area is 92.9 Å². The summed E-state index contributed by atoms with van der Waals surface area (Å²) in [7, 11) is 1.64. The molecule has 0 aliphatic rings. The number of hydrogen-bond acceptors (Lipinski definition) is 2. The summed E-state index contributed by atoms with van der Waals surface area (Å²) in [5.41, 5.74) is 1.47. The van der Waals surface area contributed by atoms with Crippen LogP contribution in [0.1, 0.15) is 30.3 Å². The zero-order valence-corrected chi connectivity index (χ0v) is 9.30. The highest BCUT2D eigenvalue weighted by Crippen LogP contribution is 2.26. The maximum Gasteiger partial charge on any atom is 0.389 e. The van der Waals surface area contributed by atoms with Crippen LogP contribution in [0.4, 0.5) is 13.2 Å². The number of alkyl halides is 3. The van der Waals surface area contributed by atoms with E-state index in [1.807, 2.05) is 13.0 Å².